The number of rotatable bonds is 5. The highest BCUT2D eigenvalue weighted by Gasteiger charge is 2.31. The minimum atomic E-state index is -0.280. The predicted molar refractivity (Wildman–Crippen MR) is 92.7 cm³/mol. The molecular weight excluding hydrogens is 305 g/mol. The number of carbonyl (C=O) groups is 1. The summed E-state index contributed by atoms with van der Waals surface area (Å²) in [4.78, 5) is 12.4. The van der Waals surface area contributed by atoms with Gasteiger partial charge < -0.3 is 10.1 Å². The van der Waals surface area contributed by atoms with Crippen molar-refractivity contribution < 1.29 is 13.9 Å². The molecule has 1 unspecified atom stereocenters. The van der Waals surface area contributed by atoms with Gasteiger partial charge in [0.25, 0.3) is 0 Å². The zero-order valence-corrected chi connectivity index (χ0v) is 13.8. The van der Waals surface area contributed by atoms with Crippen molar-refractivity contribution >= 4 is 11.5 Å². The third-order valence-corrected chi connectivity index (χ3v) is 4.62. The van der Waals surface area contributed by atoms with Crippen LogP contribution < -0.4 is 10.1 Å². The van der Waals surface area contributed by atoms with Gasteiger partial charge >= 0.3 is 0 Å². The summed E-state index contributed by atoms with van der Waals surface area (Å²) in [5, 5.41) is 3.43. The minimum absolute atomic E-state index is 0.123. The Hall–Kier alpha value is -2.36. The summed E-state index contributed by atoms with van der Waals surface area (Å²) in [6.45, 7) is 0. The summed E-state index contributed by atoms with van der Waals surface area (Å²) in [6, 6.07) is 13.9. The summed E-state index contributed by atoms with van der Waals surface area (Å²) in [6.07, 6.45) is 3.43. The first-order chi connectivity index (χ1) is 11.7. The van der Waals surface area contributed by atoms with Crippen LogP contribution in [0.5, 0.6) is 5.75 Å². The van der Waals surface area contributed by atoms with Gasteiger partial charge in [-0.25, -0.2) is 4.39 Å². The van der Waals surface area contributed by atoms with Gasteiger partial charge in [-0.15, -0.1) is 0 Å². The lowest BCUT2D eigenvalue weighted by Gasteiger charge is -2.31. The van der Waals surface area contributed by atoms with Gasteiger partial charge in [0.1, 0.15) is 17.3 Å². The maximum Gasteiger partial charge on any atom is 0.138 e. The van der Waals surface area contributed by atoms with Crippen molar-refractivity contribution in [3.05, 3.63) is 59.9 Å². The lowest BCUT2D eigenvalue weighted by Crippen LogP contribution is -2.30. The molecule has 2 aromatic carbocycles. The van der Waals surface area contributed by atoms with Crippen molar-refractivity contribution in [2.75, 3.05) is 12.4 Å². The number of halogens is 1. The second-order valence-corrected chi connectivity index (χ2v) is 6.22. The number of hydrogen-bond donors (Lipinski definition) is 1. The Morgan fingerprint density at radius 1 is 1.17 bits per heavy atom. The smallest absolute Gasteiger partial charge is 0.138 e. The molecule has 0 saturated heterocycles. The van der Waals surface area contributed by atoms with Crippen LogP contribution in [0.3, 0.4) is 0 Å². The number of ketones is 1. The number of carbonyl (C=O) groups excluding carboxylic acids is 1. The Balaban J connectivity index is 1.90. The SMILES string of the molecule is COc1ccc(N[C@H](c2cccc(F)c2)C2CCCCC2=O)cc1. The fourth-order valence-electron chi connectivity index (χ4n) is 3.35. The van der Waals surface area contributed by atoms with Crippen LogP contribution in [0.4, 0.5) is 10.1 Å². The lowest BCUT2D eigenvalue weighted by atomic mass is 9.80. The number of benzene rings is 2. The van der Waals surface area contributed by atoms with E-state index in [-0.39, 0.29) is 23.6 Å². The Kier molecular flexibility index (Phi) is 5.14. The van der Waals surface area contributed by atoms with Crippen molar-refractivity contribution in [3.63, 3.8) is 0 Å². The van der Waals surface area contributed by atoms with E-state index in [9.17, 15) is 9.18 Å². The average Bonchev–Trinajstić information content (AvgIpc) is 2.61. The highest BCUT2D eigenvalue weighted by molar-refractivity contribution is 5.83. The van der Waals surface area contributed by atoms with Gasteiger partial charge in [0.15, 0.2) is 0 Å². The van der Waals surface area contributed by atoms with Crippen LogP contribution in [-0.2, 0) is 4.79 Å². The van der Waals surface area contributed by atoms with Crippen LogP contribution in [0.1, 0.15) is 37.3 Å². The summed E-state index contributed by atoms with van der Waals surface area (Å²) in [5.41, 5.74) is 1.70. The number of methoxy groups -OCH3 is 1. The van der Waals surface area contributed by atoms with Gasteiger partial charge in [-0.3, -0.25) is 4.79 Å². The molecule has 0 heterocycles. The van der Waals surface area contributed by atoms with E-state index in [1.165, 1.54) is 12.1 Å². The third-order valence-electron chi connectivity index (χ3n) is 4.62. The number of hydrogen-bond acceptors (Lipinski definition) is 3. The van der Waals surface area contributed by atoms with Crippen LogP contribution in [0.2, 0.25) is 0 Å². The quantitative estimate of drug-likeness (QED) is 0.861. The first-order valence-electron chi connectivity index (χ1n) is 8.36. The molecule has 2 atom stereocenters. The molecule has 1 N–H and O–H groups in total. The van der Waals surface area contributed by atoms with Gasteiger partial charge in [0.2, 0.25) is 0 Å². The number of Topliss-reactive ketones (excluding diaryl/α,β-unsaturated/α-hetero) is 1. The maximum atomic E-state index is 13.7. The average molecular weight is 327 g/mol. The molecule has 2 aromatic rings. The van der Waals surface area contributed by atoms with Gasteiger partial charge in [-0.1, -0.05) is 18.6 Å². The molecule has 1 aliphatic carbocycles. The highest BCUT2D eigenvalue weighted by Crippen LogP contribution is 2.35. The molecule has 3 rings (SSSR count). The minimum Gasteiger partial charge on any atom is -0.497 e. The molecule has 1 aliphatic rings. The van der Waals surface area contributed by atoms with E-state index in [1.807, 2.05) is 30.3 Å². The van der Waals surface area contributed by atoms with Crippen LogP contribution in [0.25, 0.3) is 0 Å². The fraction of sp³-hybridized carbons (Fsp3) is 0.350. The molecular formula is C20H22FNO2. The van der Waals surface area contributed by atoms with Crippen molar-refractivity contribution in [2.45, 2.75) is 31.7 Å². The molecule has 0 aromatic heterocycles. The van der Waals surface area contributed by atoms with Gasteiger partial charge in [-0.2, -0.15) is 0 Å². The van der Waals surface area contributed by atoms with E-state index < -0.39 is 0 Å². The van der Waals surface area contributed by atoms with Gasteiger partial charge in [0, 0.05) is 18.0 Å². The zero-order valence-electron chi connectivity index (χ0n) is 13.8. The predicted octanol–water partition coefficient (Wildman–Crippen LogP) is 4.75. The molecule has 4 heteroatoms. The number of ether oxygens (including phenoxy) is 1. The summed E-state index contributed by atoms with van der Waals surface area (Å²) < 4.78 is 18.9. The second kappa shape index (κ2) is 7.47. The Morgan fingerprint density at radius 2 is 1.96 bits per heavy atom. The molecule has 0 bridgehead atoms. The van der Waals surface area contributed by atoms with Crippen molar-refractivity contribution in [1.82, 2.24) is 0 Å². The first kappa shape index (κ1) is 16.5. The molecule has 0 radical (unpaired) electrons. The van der Waals surface area contributed by atoms with E-state index in [0.717, 1.165) is 36.3 Å². The molecule has 24 heavy (non-hydrogen) atoms. The van der Waals surface area contributed by atoms with E-state index >= 15 is 0 Å². The molecule has 0 amide bonds. The molecule has 3 nitrogen and oxygen atoms in total. The fourth-order valence-corrected chi connectivity index (χ4v) is 3.35. The van der Waals surface area contributed by atoms with Crippen LogP contribution in [-0.4, -0.2) is 12.9 Å². The summed E-state index contributed by atoms with van der Waals surface area (Å²) in [7, 11) is 1.62. The Labute approximate surface area is 141 Å². The van der Waals surface area contributed by atoms with Crippen LogP contribution in [0, 0.1) is 11.7 Å². The topological polar surface area (TPSA) is 38.3 Å². The standard InChI is InChI=1S/C20H22FNO2/c1-24-17-11-9-16(10-12-17)22-20(14-5-4-6-15(21)13-14)18-7-2-3-8-19(18)23/h4-6,9-13,18,20,22H,2-3,7-8H2,1H3/t18?,20-/m1/s1. The van der Waals surface area contributed by atoms with Crippen molar-refractivity contribution in [1.29, 1.82) is 0 Å². The zero-order chi connectivity index (χ0) is 16.9. The Morgan fingerprint density at radius 3 is 2.62 bits per heavy atom. The summed E-state index contributed by atoms with van der Waals surface area (Å²) in [5.74, 6) is 0.632. The monoisotopic (exact) mass is 327 g/mol. The number of nitrogens with one attached hydrogen (secondary N) is 1. The van der Waals surface area contributed by atoms with Crippen molar-refractivity contribution in [3.8, 4) is 5.75 Å². The van der Waals surface area contributed by atoms with Crippen LogP contribution in [0.15, 0.2) is 48.5 Å². The lowest BCUT2D eigenvalue weighted by molar-refractivity contribution is -0.125. The molecule has 0 spiro atoms. The highest BCUT2D eigenvalue weighted by atomic mass is 19.1. The van der Waals surface area contributed by atoms with Gasteiger partial charge in [0.05, 0.1) is 13.2 Å². The normalized spacial score (nSPS) is 18.9. The summed E-state index contributed by atoms with van der Waals surface area (Å²) >= 11 is 0. The molecule has 1 fully saturated rings. The molecule has 0 aliphatic heterocycles. The molecule has 126 valence electrons. The van der Waals surface area contributed by atoms with Crippen LogP contribution >= 0.6 is 0 Å². The first-order valence-corrected chi connectivity index (χ1v) is 8.36. The third kappa shape index (κ3) is 3.75. The largest absolute Gasteiger partial charge is 0.497 e. The Bertz CT molecular complexity index is 699. The van der Waals surface area contributed by atoms with E-state index in [1.54, 1.807) is 13.2 Å². The van der Waals surface area contributed by atoms with Gasteiger partial charge in [-0.05, 0) is 54.8 Å². The van der Waals surface area contributed by atoms with Crippen molar-refractivity contribution in [2.24, 2.45) is 5.92 Å². The molecule has 1 saturated carbocycles. The van der Waals surface area contributed by atoms with E-state index in [2.05, 4.69) is 5.32 Å². The maximum absolute atomic E-state index is 13.7. The second-order valence-electron chi connectivity index (χ2n) is 6.22. The van der Waals surface area contributed by atoms with E-state index in [0.29, 0.717) is 6.42 Å². The number of anilines is 1. The van der Waals surface area contributed by atoms with E-state index in [4.69, 9.17) is 4.74 Å².